The lowest BCUT2D eigenvalue weighted by Gasteiger charge is -2.11. The number of hydrogen-bond donors (Lipinski definition) is 1. The van der Waals surface area contributed by atoms with Crippen LogP contribution in [0, 0.1) is 11.3 Å². The monoisotopic (exact) mass is 322 g/mol. The summed E-state index contributed by atoms with van der Waals surface area (Å²) in [7, 11) is 0. The lowest BCUT2D eigenvalue weighted by Crippen LogP contribution is -2.22. The van der Waals surface area contributed by atoms with Crippen molar-refractivity contribution in [3.8, 4) is 6.07 Å². The van der Waals surface area contributed by atoms with Gasteiger partial charge in [0.2, 0.25) is 5.91 Å². The van der Waals surface area contributed by atoms with E-state index in [1.807, 2.05) is 35.7 Å². The highest BCUT2D eigenvalue weighted by Crippen LogP contribution is 2.24. The number of amides is 1. The van der Waals surface area contributed by atoms with Crippen LogP contribution in [-0.2, 0) is 4.79 Å². The lowest BCUT2D eigenvalue weighted by atomic mass is 10.2. The second kappa shape index (κ2) is 6.55. The van der Waals surface area contributed by atoms with E-state index in [2.05, 4.69) is 16.4 Å². The Bertz CT molecular complexity index is 897. The maximum Gasteiger partial charge on any atom is 0.237 e. The third kappa shape index (κ3) is 3.35. The summed E-state index contributed by atoms with van der Waals surface area (Å²) in [6.07, 6.45) is 3.70. The summed E-state index contributed by atoms with van der Waals surface area (Å²) in [5.41, 5.74) is 2.13. The van der Waals surface area contributed by atoms with Gasteiger partial charge in [-0.05, 0) is 37.3 Å². The Morgan fingerprint density at radius 2 is 2.22 bits per heavy atom. The molecule has 1 aromatic carbocycles. The van der Waals surface area contributed by atoms with E-state index in [4.69, 9.17) is 5.26 Å². The number of nitriles is 1. The third-order valence-corrected chi connectivity index (χ3v) is 4.40. The van der Waals surface area contributed by atoms with Crippen LogP contribution in [0.3, 0.4) is 0 Å². The fourth-order valence-corrected chi connectivity index (χ4v) is 3.00. The highest BCUT2D eigenvalue weighted by atomic mass is 32.2. The van der Waals surface area contributed by atoms with Gasteiger partial charge in [0.15, 0.2) is 5.16 Å². The van der Waals surface area contributed by atoms with Crippen molar-refractivity contribution in [3.05, 3.63) is 60.4 Å². The van der Waals surface area contributed by atoms with Gasteiger partial charge in [-0.2, -0.15) is 5.26 Å². The minimum Gasteiger partial charge on any atom is -0.325 e. The first-order valence-corrected chi connectivity index (χ1v) is 7.95. The molecule has 1 unspecified atom stereocenters. The minimum absolute atomic E-state index is 0.127. The quantitative estimate of drug-likeness (QED) is 0.748. The van der Waals surface area contributed by atoms with Crippen molar-refractivity contribution >= 4 is 28.9 Å². The summed E-state index contributed by atoms with van der Waals surface area (Å²) in [6.45, 7) is 1.83. The Morgan fingerprint density at radius 3 is 3.04 bits per heavy atom. The Hall–Kier alpha value is -2.78. The van der Waals surface area contributed by atoms with Crippen molar-refractivity contribution in [3.63, 3.8) is 0 Å². The number of carbonyl (C=O) groups excluding carboxylic acids is 1. The maximum absolute atomic E-state index is 12.3. The van der Waals surface area contributed by atoms with Crippen LogP contribution in [-0.4, -0.2) is 20.5 Å². The first kappa shape index (κ1) is 15.1. The zero-order chi connectivity index (χ0) is 16.2. The zero-order valence-corrected chi connectivity index (χ0v) is 13.2. The summed E-state index contributed by atoms with van der Waals surface area (Å²) in [5, 5.41) is 12.2. The Morgan fingerprint density at radius 1 is 1.35 bits per heavy atom. The van der Waals surface area contributed by atoms with Crippen LogP contribution in [0.5, 0.6) is 0 Å². The second-order valence-corrected chi connectivity index (χ2v) is 6.29. The highest BCUT2D eigenvalue weighted by Gasteiger charge is 2.17. The van der Waals surface area contributed by atoms with E-state index < -0.39 is 0 Å². The molecule has 0 fully saturated rings. The van der Waals surface area contributed by atoms with Crippen molar-refractivity contribution in [1.82, 2.24) is 9.38 Å². The standard InChI is InChI=1S/C17H14N4OS/c1-12(16(22)20-14-6-4-5-13(9-14)10-18)23-17-19-11-15-7-2-3-8-21(15)17/h2-9,11-12H,1H3,(H,20,22). The molecule has 0 aliphatic carbocycles. The Balaban J connectivity index is 1.71. The molecule has 114 valence electrons. The molecule has 2 aromatic heterocycles. The largest absolute Gasteiger partial charge is 0.325 e. The molecule has 0 saturated carbocycles. The van der Waals surface area contributed by atoms with Gasteiger partial charge in [0.05, 0.1) is 28.6 Å². The molecule has 23 heavy (non-hydrogen) atoms. The number of hydrogen-bond acceptors (Lipinski definition) is 4. The SMILES string of the molecule is CC(Sc1ncc2ccccn12)C(=O)Nc1cccc(C#N)c1. The summed E-state index contributed by atoms with van der Waals surface area (Å²) in [4.78, 5) is 16.7. The molecule has 0 saturated heterocycles. The first-order valence-electron chi connectivity index (χ1n) is 7.07. The molecule has 3 rings (SSSR count). The number of rotatable bonds is 4. The van der Waals surface area contributed by atoms with Crippen LogP contribution in [0.4, 0.5) is 5.69 Å². The van der Waals surface area contributed by atoms with Gasteiger partial charge in [-0.3, -0.25) is 9.20 Å². The van der Waals surface area contributed by atoms with Gasteiger partial charge in [0.25, 0.3) is 0 Å². The van der Waals surface area contributed by atoms with E-state index >= 15 is 0 Å². The van der Waals surface area contributed by atoms with Gasteiger partial charge in [-0.15, -0.1) is 0 Å². The van der Waals surface area contributed by atoms with Crippen LogP contribution in [0.15, 0.2) is 60.0 Å². The van der Waals surface area contributed by atoms with Gasteiger partial charge < -0.3 is 5.32 Å². The maximum atomic E-state index is 12.3. The molecule has 6 heteroatoms. The first-order chi connectivity index (χ1) is 11.2. The van der Waals surface area contributed by atoms with Crippen LogP contribution in [0.1, 0.15) is 12.5 Å². The summed E-state index contributed by atoms with van der Waals surface area (Å²) in [5.74, 6) is -0.127. The van der Waals surface area contributed by atoms with Gasteiger partial charge >= 0.3 is 0 Å². The highest BCUT2D eigenvalue weighted by molar-refractivity contribution is 8.00. The number of nitrogens with zero attached hydrogens (tertiary/aromatic N) is 3. The average molecular weight is 322 g/mol. The molecular weight excluding hydrogens is 308 g/mol. The molecule has 0 bridgehead atoms. The number of carbonyl (C=O) groups is 1. The fourth-order valence-electron chi connectivity index (χ4n) is 2.13. The normalized spacial score (nSPS) is 11.8. The van der Waals surface area contributed by atoms with Crippen molar-refractivity contribution in [2.75, 3.05) is 5.32 Å². The molecule has 0 aliphatic heterocycles. The predicted molar refractivity (Wildman–Crippen MR) is 90.3 cm³/mol. The molecule has 1 atom stereocenters. The smallest absolute Gasteiger partial charge is 0.237 e. The second-order valence-electron chi connectivity index (χ2n) is 4.98. The number of nitrogens with one attached hydrogen (secondary N) is 1. The van der Waals surface area contributed by atoms with Crippen molar-refractivity contribution < 1.29 is 4.79 Å². The Kier molecular flexibility index (Phi) is 4.31. The van der Waals surface area contributed by atoms with Crippen LogP contribution >= 0.6 is 11.8 Å². The summed E-state index contributed by atoms with van der Waals surface area (Å²) >= 11 is 1.39. The van der Waals surface area contributed by atoms with E-state index in [0.29, 0.717) is 11.3 Å². The molecule has 0 aliphatic rings. The third-order valence-electron chi connectivity index (χ3n) is 3.32. The number of benzene rings is 1. The minimum atomic E-state index is -0.313. The van der Waals surface area contributed by atoms with Crippen molar-refractivity contribution in [2.24, 2.45) is 0 Å². The van der Waals surface area contributed by atoms with E-state index in [1.54, 1.807) is 30.5 Å². The molecule has 3 aromatic rings. The molecule has 5 nitrogen and oxygen atoms in total. The van der Waals surface area contributed by atoms with Crippen molar-refractivity contribution in [1.29, 1.82) is 5.26 Å². The fraction of sp³-hybridized carbons (Fsp3) is 0.118. The van der Waals surface area contributed by atoms with Gasteiger partial charge in [0.1, 0.15) is 0 Å². The van der Waals surface area contributed by atoms with E-state index in [1.165, 1.54) is 11.8 Å². The number of pyridine rings is 1. The molecular formula is C17H14N4OS. The number of anilines is 1. The summed E-state index contributed by atoms with van der Waals surface area (Å²) < 4.78 is 1.95. The van der Waals surface area contributed by atoms with E-state index in [0.717, 1.165) is 10.7 Å². The number of aromatic nitrogens is 2. The predicted octanol–water partition coefficient (Wildman–Crippen LogP) is 3.33. The van der Waals surface area contributed by atoms with Gasteiger partial charge in [-0.25, -0.2) is 4.98 Å². The number of thioether (sulfide) groups is 1. The van der Waals surface area contributed by atoms with Crippen LogP contribution < -0.4 is 5.32 Å². The molecule has 0 radical (unpaired) electrons. The zero-order valence-electron chi connectivity index (χ0n) is 12.4. The van der Waals surface area contributed by atoms with E-state index in [9.17, 15) is 4.79 Å². The number of fused-ring (bicyclic) bond motifs is 1. The van der Waals surface area contributed by atoms with Crippen molar-refractivity contribution in [2.45, 2.75) is 17.3 Å². The van der Waals surface area contributed by atoms with E-state index in [-0.39, 0.29) is 11.2 Å². The average Bonchev–Trinajstić information content (AvgIpc) is 2.98. The topological polar surface area (TPSA) is 70.2 Å². The molecule has 1 amide bonds. The van der Waals surface area contributed by atoms with Crippen LogP contribution in [0.2, 0.25) is 0 Å². The Labute approximate surface area is 138 Å². The van der Waals surface area contributed by atoms with Crippen LogP contribution in [0.25, 0.3) is 5.52 Å². The molecule has 1 N–H and O–H groups in total. The van der Waals surface area contributed by atoms with Gasteiger partial charge in [-0.1, -0.05) is 23.9 Å². The molecule has 0 spiro atoms. The molecule has 2 heterocycles. The summed E-state index contributed by atoms with van der Waals surface area (Å²) in [6, 6.07) is 14.8. The number of imidazole rings is 1. The van der Waals surface area contributed by atoms with Gasteiger partial charge in [0, 0.05) is 11.9 Å². The lowest BCUT2D eigenvalue weighted by molar-refractivity contribution is -0.115.